The fraction of sp³-hybridized carbons (Fsp3) is 0.333. The van der Waals surface area contributed by atoms with Crippen molar-refractivity contribution in [2.75, 3.05) is 106 Å². The first-order valence-corrected chi connectivity index (χ1v) is 41.7. The minimum Gasteiger partial charge on any atom is -0.454 e. The van der Waals surface area contributed by atoms with Gasteiger partial charge in [0.05, 0.1) is 71.0 Å². The Kier molecular flexibility index (Phi) is 17.9. The van der Waals surface area contributed by atoms with Crippen molar-refractivity contribution in [1.82, 2.24) is 19.6 Å². The summed E-state index contributed by atoms with van der Waals surface area (Å²) in [5.74, 6) is -0.173. The van der Waals surface area contributed by atoms with E-state index in [1.807, 2.05) is 131 Å². The predicted octanol–water partition coefficient (Wildman–Crippen LogP) is 20.9. The van der Waals surface area contributed by atoms with Gasteiger partial charge in [-0.1, -0.05) is 266 Å². The van der Waals surface area contributed by atoms with Crippen LogP contribution >= 0.6 is 0 Å². The van der Waals surface area contributed by atoms with E-state index >= 15 is 0 Å². The largest absolute Gasteiger partial charge is 0.454 e. The molecule has 12 aromatic rings. The van der Waals surface area contributed by atoms with E-state index < -0.39 is 177 Å². The Balaban J connectivity index is 0.000000146. The second kappa shape index (κ2) is 43.9. The van der Waals surface area contributed by atoms with Crippen LogP contribution in [-0.2, 0) is 44.6 Å². The first-order valence-electron chi connectivity index (χ1n) is 60.7. The first-order chi connectivity index (χ1) is 76.9. The van der Waals surface area contributed by atoms with Gasteiger partial charge < -0.3 is 76.4 Å². The molecule has 16 nitrogen and oxygen atoms in total. The lowest BCUT2D eigenvalue weighted by molar-refractivity contribution is -0.0331. The van der Waals surface area contributed by atoms with Crippen LogP contribution in [0.1, 0.15) is 195 Å². The van der Waals surface area contributed by atoms with Crippen molar-refractivity contribution in [2.45, 2.75) is 126 Å². The highest BCUT2D eigenvalue weighted by atomic mass is 16.7. The normalized spacial score (nSPS) is 23.7. The Bertz CT molecular complexity index is 7230. The van der Waals surface area contributed by atoms with Gasteiger partial charge in [-0.3, -0.25) is 0 Å². The maximum absolute atomic E-state index is 9.36. The van der Waals surface area contributed by atoms with Crippen molar-refractivity contribution in [3.63, 3.8) is 0 Å². The van der Waals surface area contributed by atoms with Gasteiger partial charge in [-0.2, -0.15) is 0 Å². The molecule has 8 aliphatic heterocycles. The second-order valence-electron chi connectivity index (χ2n) is 30.2. The lowest BCUT2D eigenvalue weighted by Crippen LogP contribution is -2.41. The summed E-state index contributed by atoms with van der Waals surface area (Å²) in [7, 11) is 0. The molecule has 0 saturated carbocycles. The summed E-state index contributed by atoms with van der Waals surface area (Å²) in [4.78, 5) is 8.39. The summed E-state index contributed by atoms with van der Waals surface area (Å²) < 4.78 is 382. The number of hydrogen-bond acceptors (Lipinski definition) is 16. The molecule has 124 heavy (non-hydrogen) atoms. The summed E-state index contributed by atoms with van der Waals surface area (Å²) >= 11 is 0. The monoisotopic (exact) mass is 1700 g/mol. The Morgan fingerprint density at radius 3 is 0.806 bits per heavy atom. The van der Waals surface area contributed by atoms with Crippen molar-refractivity contribution >= 4 is 0 Å². The highest BCUT2D eigenvalue weighted by Gasteiger charge is 2.32. The van der Waals surface area contributed by atoms with Crippen LogP contribution in [0.15, 0.2) is 315 Å². The fourth-order valence-electron chi connectivity index (χ4n) is 15.5. The summed E-state index contributed by atoms with van der Waals surface area (Å²) in [5.41, 5.74) is 3.07. The van der Waals surface area contributed by atoms with Gasteiger partial charge in [-0.15, -0.1) is 0 Å². The van der Waals surface area contributed by atoms with Gasteiger partial charge in [-0.25, -0.2) is 0 Å². The van der Waals surface area contributed by atoms with Gasteiger partial charge in [0.1, 0.15) is 29.9 Å². The molecule has 4 atom stereocenters. The zero-order valence-electron chi connectivity index (χ0n) is 106. The van der Waals surface area contributed by atoms with E-state index in [4.69, 9.17) is 106 Å². The number of likely N-dealkylation sites (tertiary alicyclic amines) is 4. The zero-order chi connectivity index (χ0) is 117. The molecule has 8 aliphatic rings. The molecule has 0 spiro atoms. The molecule has 4 fully saturated rings. The maximum Gasteiger partial charge on any atom is 0.231 e. The minimum atomic E-state index is -2.56. The molecule has 0 aliphatic carbocycles. The fourth-order valence-corrected chi connectivity index (χ4v) is 15.5. The van der Waals surface area contributed by atoms with E-state index in [1.54, 1.807) is 0 Å². The number of rotatable bonds is 28. The van der Waals surface area contributed by atoms with E-state index in [-0.39, 0.29) is 199 Å². The zero-order valence-corrected chi connectivity index (χ0v) is 68.1. The number of nitrogens with zero attached hydrogens (tertiary/aromatic N) is 4. The molecule has 0 N–H and O–H groups in total. The molecule has 20 rings (SSSR count). The molecule has 16 heteroatoms. The average molecular weight is 1700 g/mol. The van der Waals surface area contributed by atoms with Crippen LogP contribution in [0.2, 0.25) is 0 Å². The van der Waals surface area contributed by atoms with Crippen LogP contribution in [0.4, 0.5) is 0 Å². The SMILES string of the molecule is [2H]c1c([2H])c([2H])c(C(O[C@@H]2CCCN(CCc3c([2H])c([2H])c4c(c3[2H])OC([2H])([2H])O4)C2)c2c([2H])c([2H])c([2H])c([2H])c2[2H])c([2H])c1[2H].[2H]c1c([2H])c([2H])c(C(O[C@@H]2CCCN(CCc3c([2H])c([2H])c4c(c3[2H])OCO4)C2)c2c([2H])c([2H])c([2H])c([2H])c2[2H])c([2H])c1[2H].[2H]c1c([2H])c2c(c([2H])c1CCN1CCC[C@@H](OC([2H])(c3ccccc3)c3ccccc3)C1)OC([2H])([2H])O2.[2H]c1c([2H])c2c(c([2H])c1CCN1CCC[C@@H](OC([2H])(c3ccccc3)c3ccccc3)C1)OCO2. The van der Waals surface area contributed by atoms with E-state index in [2.05, 4.69) is 9.80 Å². The molecule has 4 saturated heterocycles. The molecular formula is C108H116N4O12. The number of piperidine rings is 4. The van der Waals surface area contributed by atoms with Gasteiger partial charge in [0, 0.05) is 52.4 Å². The summed E-state index contributed by atoms with van der Waals surface area (Å²) in [6.45, 7) is 1.36. The topological polar surface area (TPSA) is 124 Å². The number of benzene rings is 12. The lowest BCUT2D eigenvalue weighted by atomic mass is 10.00. The highest BCUT2D eigenvalue weighted by Crippen LogP contribution is 2.40. The Hall–Kier alpha value is -11.3. The Morgan fingerprint density at radius 2 is 0.524 bits per heavy atom. The van der Waals surface area contributed by atoms with Crippen LogP contribution in [0.25, 0.3) is 0 Å². The minimum absolute atomic E-state index is 0.00857. The van der Waals surface area contributed by atoms with E-state index in [1.165, 1.54) is 0 Å². The summed E-state index contributed by atoms with van der Waals surface area (Å²) in [5, 5.41) is 0. The third kappa shape index (κ3) is 23.8. The second-order valence-corrected chi connectivity index (χ2v) is 30.2. The van der Waals surface area contributed by atoms with Gasteiger partial charge in [0.25, 0.3) is 0 Å². The van der Waals surface area contributed by atoms with E-state index in [0.717, 1.165) is 61.0 Å². The van der Waals surface area contributed by atoms with Crippen LogP contribution in [0, 0.1) is 0 Å². The molecule has 0 radical (unpaired) electrons. The van der Waals surface area contributed by atoms with Crippen LogP contribution in [0.5, 0.6) is 46.0 Å². The van der Waals surface area contributed by atoms with Crippen LogP contribution in [0.3, 0.4) is 0 Å². The van der Waals surface area contributed by atoms with Crippen molar-refractivity contribution in [3.8, 4) is 46.0 Å². The standard InChI is InChI=1S/4C27H29NO3/c4*1-3-8-22(9-4-1)27(23-10-5-2-6-11-23)31-24-12-7-16-28(19-24)17-15-21-13-14-25-26(18-21)30-20-29-25/h4*1-6,8-11,13-14,18,24,27H,7,12,15-17,19-20H2/t4*24-/m1111/s1/i1D,2D,3D,4D,5D,6D,8D,9D,10D,11D,13D,14D,18D,20D2;1D,2D,3D,4D,5D,6D,8D,9D,10D,11D,13D,14D,18D;13D,14D,18D,20D2,27D;13D,14D,18D,27D. The van der Waals surface area contributed by atoms with Crippen LogP contribution < -0.4 is 37.9 Å². The molecule has 12 aromatic carbocycles. The van der Waals surface area contributed by atoms with Crippen molar-refractivity contribution < 1.29 is 109 Å². The third-order valence-electron chi connectivity index (χ3n) is 21.6. The summed E-state index contributed by atoms with van der Waals surface area (Å²) in [6, 6.07) is 24.2. The maximum atomic E-state index is 9.36. The van der Waals surface area contributed by atoms with Crippen molar-refractivity contribution in [1.29, 1.82) is 0 Å². The molecule has 8 heterocycles. The Labute approximate surface area is 785 Å². The average Bonchev–Trinajstić information content (AvgIpc) is 1.38. The van der Waals surface area contributed by atoms with E-state index in [0.29, 0.717) is 101 Å². The van der Waals surface area contributed by atoms with Crippen LogP contribution in [-0.4, -0.2) is 150 Å². The van der Waals surface area contributed by atoms with Gasteiger partial charge in [-0.05, 0) is 218 Å². The van der Waals surface area contributed by atoms with Gasteiger partial charge in [0.15, 0.2) is 46.0 Å². The Morgan fingerprint density at radius 1 is 0.282 bits per heavy atom. The number of ether oxygens (including phenoxy) is 12. The molecule has 0 aromatic heterocycles. The molecular weight excluding hydrogens is 1550 g/mol. The lowest BCUT2D eigenvalue weighted by Gasteiger charge is -2.35. The quantitative estimate of drug-likeness (QED) is 0.0462. The molecule has 0 bridgehead atoms. The third-order valence-corrected chi connectivity index (χ3v) is 21.6. The van der Waals surface area contributed by atoms with Crippen molar-refractivity contribution in [2.24, 2.45) is 0 Å². The summed E-state index contributed by atoms with van der Waals surface area (Å²) in [6.07, 6.45) is -0.654. The van der Waals surface area contributed by atoms with Gasteiger partial charge >= 0.3 is 0 Å². The smallest absolute Gasteiger partial charge is 0.231 e. The predicted molar refractivity (Wildman–Crippen MR) is 486 cm³/mol. The highest BCUT2D eigenvalue weighted by molar-refractivity contribution is 5.48. The molecule has 0 amide bonds. The number of hydrogen-bond donors (Lipinski definition) is 0. The molecule has 0 unspecified atom stereocenters. The number of fused-ring (bicyclic) bond motifs is 4. The molecule has 640 valence electrons. The van der Waals surface area contributed by atoms with Gasteiger partial charge in [0.2, 0.25) is 27.1 Å². The van der Waals surface area contributed by atoms with Crippen molar-refractivity contribution in [3.05, 3.63) is 381 Å². The first kappa shape index (κ1) is 50.6. The van der Waals surface area contributed by atoms with E-state index in [9.17, 15) is 2.74 Å².